The van der Waals surface area contributed by atoms with E-state index in [1.54, 1.807) is 32.4 Å². The highest BCUT2D eigenvalue weighted by Crippen LogP contribution is 2.30. The summed E-state index contributed by atoms with van der Waals surface area (Å²) in [5.41, 5.74) is 1.33. The van der Waals surface area contributed by atoms with E-state index >= 15 is 0 Å². The SMILES string of the molecule is COc1ccc(Nc2cnc(C(=O)Nc3ccc(F)cc3)cn2)cc1OC. The Bertz CT molecular complexity index is 931. The fraction of sp³-hybridized carbons (Fsp3) is 0.105. The average molecular weight is 368 g/mol. The third-order valence-corrected chi connectivity index (χ3v) is 3.64. The number of amides is 1. The van der Waals surface area contributed by atoms with E-state index in [4.69, 9.17) is 9.47 Å². The third-order valence-electron chi connectivity index (χ3n) is 3.64. The molecular weight excluding hydrogens is 351 g/mol. The molecule has 0 saturated carbocycles. The molecule has 0 fully saturated rings. The van der Waals surface area contributed by atoms with E-state index in [1.807, 2.05) is 0 Å². The predicted molar refractivity (Wildman–Crippen MR) is 99.2 cm³/mol. The van der Waals surface area contributed by atoms with Gasteiger partial charge >= 0.3 is 0 Å². The van der Waals surface area contributed by atoms with Crippen LogP contribution in [-0.4, -0.2) is 30.1 Å². The summed E-state index contributed by atoms with van der Waals surface area (Å²) >= 11 is 0. The first kappa shape index (κ1) is 18.1. The van der Waals surface area contributed by atoms with E-state index in [-0.39, 0.29) is 11.5 Å². The van der Waals surface area contributed by atoms with Crippen LogP contribution in [0.25, 0.3) is 0 Å². The molecule has 2 aromatic carbocycles. The van der Waals surface area contributed by atoms with Gasteiger partial charge in [0, 0.05) is 17.4 Å². The van der Waals surface area contributed by atoms with Gasteiger partial charge in [-0.3, -0.25) is 4.79 Å². The van der Waals surface area contributed by atoms with Crippen molar-refractivity contribution in [2.24, 2.45) is 0 Å². The van der Waals surface area contributed by atoms with Crippen molar-refractivity contribution in [2.45, 2.75) is 0 Å². The van der Waals surface area contributed by atoms with Crippen LogP contribution in [0.5, 0.6) is 11.5 Å². The summed E-state index contributed by atoms with van der Waals surface area (Å²) in [5, 5.41) is 5.69. The third kappa shape index (κ3) is 4.49. The number of hydrogen-bond acceptors (Lipinski definition) is 6. The number of benzene rings is 2. The van der Waals surface area contributed by atoms with Crippen molar-refractivity contribution in [1.29, 1.82) is 0 Å². The summed E-state index contributed by atoms with van der Waals surface area (Å²) in [5.74, 6) is 0.832. The molecule has 0 aliphatic rings. The topological polar surface area (TPSA) is 85.4 Å². The zero-order valence-electron chi connectivity index (χ0n) is 14.7. The number of halogens is 1. The van der Waals surface area contributed by atoms with Gasteiger partial charge in [-0.2, -0.15) is 0 Å². The van der Waals surface area contributed by atoms with Gasteiger partial charge in [0.2, 0.25) is 0 Å². The summed E-state index contributed by atoms with van der Waals surface area (Å²) in [7, 11) is 3.11. The smallest absolute Gasteiger partial charge is 0.275 e. The minimum atomic E-state index is -0.438. The molecule has 3 rings (SSSR count). The summed E-state index contributed by atoms with van der Waals surface area (Å²) in [6.45, 7) is 0. The summed E-state index contributed by atoms with van der Waals surface area (Å²) in [4.78, 5) is 20.4. The Morgan fingerprint density at radius 2 is 1.63 bits per heavy atom. The quantitative estimate of drug-likeness (QED) is 0.691. The standard InChI is InChI=1S/C19H17FN4O3/c1-26-16-8-7-14(9-17(16)27-2)23-18-11-21-15(10-22-18)19(25)24-13-5-3-12(20)4-6-13/h3-11H,1-2H3,(H,22,23)(H,24,25). The Morgan fingerprint density at radius 1 is 0.926 bits per heavy atom. The molecule has 2 N–H and O–H groups in total. The molecule has 1 amide bonds. The second-order valence-corrected chi connectivity index (χ2v) is 5.44. The number of ether oxygens (including phenoxy) is 2. The fourth-order valence-corrected chi connectivity index (χ4v) is 2.30. The van der Waals surface area contributed by atoms with Crippen LogP contribution >= 0.6 is 0 Å². The number of carbonyl (C=O) groups excluding carboxylic acids is 1. The van der Waals surface area contributed by atoms with Gasteiger partial charge < -0.3 is 20.1 Å². The Labute approximate surface area is 155 Å². The molecule has 0 aliphatic heterocycles. The molecule has 0 unspecified atom stereocenters. The maximum Gasteiger partial charge on any atom is 0.275 e. The number of hydrogen-bond donors (Lipinski definition) is 2. The molecule has 0 radical (unpaired) electrons. The fourth-order valence-electron chi connectivity index (χ4n) is 2.30. The molecule has 0 saturated heterocycles. The highest BCUT2D eigenvalue weighted by molar-refractivity contribution is 6.02. The molecule has 0 spiro atoms. The lowest BCUT2D eigenvalue weighted by Gasteiger charge is -2.11. The molecule has 0 bridgehead atoms. The van der Waals surface area contributed by atoms with E-state index < -0.39 is 5.91 Å². The lowest BCUT2D eigenvalue weighted by Crippen LogP contribution is -2.14. The highest BCUT2D eigenvalue weighted by Gasteiger charge is 2.10. The first-order valence-corrected chi connectivity index (χ1v) is 7.97. The second-order valence-electron chi connectivity index (χ2n) is 5.44. The summed E-state index contributed by atoms with van der Waals surface area (Å²) < 4.78 is 23.3. The largest absolute Gasteiger partial charge is 0.493 e. The Kier molecular flexibility index (Phi) is 5.46. The van der Waals surface area contributed by atoms with Gasteiger partial charge in [-0.05, 0) is 36.4 Å². The number of carbonyl (C=O) groups is 1. The van der Waals surface area contributed by atoms with Crippen LogP contribution in [-0.2, 0) is 0 Å². The number of aromatic nitrogens is 2. The van der Waals surface area contributed by atoms with Crippen LogP contribution in [0.3, 0.4) is 0 Å². The van der Waals surface area contributed by atoms with Crippen molar-refractivity contribution < 1.29 is 18.7 Å². The lowest BCUT2D eigenvalue weighted by molar-refractivity contribution is 0.102. The number of rotatable bonds is 6. The molecule has 7 nitrogen and oxygen atoms in total. The van der Waals surface area contributed by atoms with E-state index in [0.717, 1.165) is 5.69 Å². The van der Waals surface area contributed by atoms with E-state index in [2.05, 4.69) is 20.6 Å². The van der Waals surface area contributed by atoms with Crippen molar-refractivity contribution in [2.75, 3.05) is 24.9 Å². The molecule has 0 aliphatic carbocycles. The minimum Gasteiger partial charge on any atom is -0.493 e. The van der Waals surface area contributed by atoms with Gasteiger partial charge in [-0.1, -0.05) is 0 Å². The van der Waals surface area contributed by atoms with E-state index in [1.165, 1.54) is 36.7 Å². The first-order valence-electron chi connectivity index (χ1n) is 7.97. The lowest BCUT2D eigenvalue weighted by atomic mass is 10.2. The van der Waals surface area contributed by atoms with Gasteiger partial charge in [-0.25, -0.2) is 14.4 Å². The highest BCUT2D eigenvalue weighted by atomic mass is 19.1. The minimum absolute atomic E-state index is 0.136. The summed E-state index contributed by atoms with van der Waals surface area (Å²) in [6, 6.07) is 10.8. The van der Waals surface area contributed by atoms with E-state index in [9.17, 15) is 9.18 Å². The average Bonchev–Trinajstić information content (AvgIpc) is 2.70. The van der Waals surface area contributed by atoms with Gasteiger partial charge in [0.25, 0.3) is 5.91 Å². The van der Waals surface area contributed by atoms with Crippen molar-refractivity contribution >= 4 is 23.1 Å². The van der Waals surface area contributed by atoms with Gasteiger partial charge in [0.05, 0.1) is 26.6 Å². The van der Waals surface area contributed by atoms with Crippen LogP contribution in [0.4, 0.5) is 21.6 Å². The van der Waals surface area contributed by atoms with Gasteiger partial charge in [-0.15, -0.1) is 0 Å². The van der Waals surface area contributed by atoms with Gasteiger partial charge in [0.1, 0.15) is 17.3 Å². The maximum absolute atomic E-state index is 12.9. The Morgan fingerprint density at radius 3 is 2.26 bits per heavy atom. The second kappa shape index (κ2) is 8.13. The predicted octanol–water partition coefficient (Wildman–Crippen LogP) is 3.63. The number of nitrogens with zero attached hydrogens (tertiary/aromatic N) is 2. The molecule has 1 aromatic heterocycles. The monoisotopic (exact) mass is 368 g/mol. The van der Waals surface area contributed by atoms with E-state index in [0.29, 0.717) is 23.0 Å². The van der Waals surface area contributed by atoms with Crippen LogP contribution in [0, 0.1) is 5.82 Å². The van der Waals surface area contributed by atoms with Crippen LogP contribution in [0.15, 0.2) is 54.9 Å². The van der Waals surface area contributed by atoms with Crippen molar-refractivity contribution in [3.63, 3.8) is 0 Å². The molecular formula is C19H17FN4O3. The van der Waals surface area contributed by atoms with Crippen LogP contribution in [0.1, 0.15) is 10.5 Å². The number of anilines is 3. The van der Waals surface area contributed by atoms with Gasteiger partial charge in [0.15, 0.2) is 11.5 Å². The van der Waals surface area contributed by atoms with Crippen molar-refractivity contribution in [3.8, 4) is 11.5 Å². The molecule has 27 heavy (non-hydrogen) atoms. The molecule has 3 aromatic rings. The maximum atomic E-state index is 12.9. The Balaban J connectivity index is 1.68. The molecule has 1 heterocycles. The Hall–Kier alpha value is -3.68. The first-order chi connectivity index (χ1) is 13.1. The van der Waals surface area contributed by atoms with Crippen LogP contribution in [0.2, 0.25) is 0 Å². The number of nitrogens with one attached hydrogen (secondary N) is 2. The molecule has 8 heteroatoms. The number of methoxy groups -OCH3 is 2. The van der Waals surface area contributed by atoms with Crippen molar-refractivity contribution in [1.82, 2.24) is 9.97 Å². The zero-order chi connectivity index (χ0) is 19.2. The van der Waals surface area contributed by atoms with Crippen molar-refractivity contribution in [3.05, 3.63) is 66.4 Å². The normalized spacial score (nSPS) is 10.2. The molecule has 138 valence electrons. The summed E-state index contributed by atoms with van der Waals surface area (Å²) in [6.07, 6.45) is 2.79. The zero-order valence-corrected chi connectivity index (χ0v) is 14.7. The molecule has 0 atom stereocenters. The van der Waals surface area contributed by atoms with Crippen LogP contribution < -0.4 is 20.1 Å².